The number of aryl methyl sites for hydroxylation is 1. The molecule has 0 atom stereocenters. The highest BCUT2D eigenvalue weighted by Crippen LogP contribution is 2.31. The van der Waals surface area contributed by atoms with E-state index in [1.54, 1.807) is 7.11 Å². The maximum Gasteiger partial charge on any atom is 0.175 e. The lowest BCUT2D eigenvalue weighted by atomic mass is 10.1. The first kappa shape index (κ1) is 13.0. The van der Waals surface area contributed by atoms with E-state index in [0.717, 1.165) is 29.7 Å². The maximum atomic E-state index is 5.63. The number of benzene rings is 1. The minimum absolute atomic E-state index is 0.513. The number of hydrogen-bond acceptors (Lipinski definition) is 3. The van der Waals surface area contributed by atoms with Gasteiger partial charge in [-0.1, -0.05) is 13.8 Å². The van der Waals surface area contributed by atoms with Crippen LogP contribution in [0.2, 0.25) is 0 Å². The van der Waals surface area contributed by atoms with Crippen molar-refractivity contribution in [2.75, 3.05) is 13.7 Å². The Labute approximate surface area is 108 Å². The van der Waals surface area contributed by atoms with Crippen LogP contribution in [0.25, 0.3) is 11.0 Å². The molecule has 0 amide bonds. The smallest absolute Gasteiger partial charge is 0.175 e. The van der Waals surface area contributed by atoms with Gasteiger partial charge in [0.05, 0.1) is 13.4 Å². The van der Waals surface area contributed by atoms with Gasteiger partial charge in [0.25, 0.3) is 0 Å². The molecule has 0 fully saturated rings. The summed E-state index contributed by atoms with van der Waals surface area (Å²) in [5.41, 5.74) is 3.28. The monoisotopic (exact) mass is 247 g/mol. The van der Waals surface area contributed by atoms with Gasteiger partial charge < -0.3 is 14.5 Å². The summed E-state index contributed by atoms with van der Waals surface area (Å²) in [7, 11) is 1.68. The molecule has 1 heterocycles. The van der Waals surface area contributed by atoms with Crippen LogP contribution in [-0.4, -0.2) is 19.7 Å². The molecule has 0 aliphatic carbocycles. The van der Waals surface area contributed by atoms with Crippen molar-refractivity contribution >= 4 is 11.0 Å². The number of rotatable bonds is 5. The molecule has 1 N–H and O–H groups in total. The standard InChI is InChI=1S/C15H21NO2/c1-10(2)16-6-5-12-9-18-15-13(12)7-11(3)8-14(15)17-4/h7-10,16H,5-6H2,1-4H3. The van der Waals surface area contributed by atoms with E-state index in [4.69, 9.17) is 9.15 Å². The second kappa shape index (κ2) is 5.44. The van der Waals surface area contributed by atoms with Crippen molar-refractivity contribution in [1.29, 1.82) is 0 Å². The van der Waals surface area contributed by atoms with Crippen molar-refractivity contribution in [3.63, 3.8) is 0 Å². The normalized spacial score (nSPS) is 11.4. The molecule has 3 heteroatoms. The number of ether oxygens (including phenoxy) is 1. The van der Waals surface area contributed by atoms with Gasteiger partial charge in [-0.15, -0.1) is 0 Å². The number of furan rings is 1. The topological polar surface area (TPSA) is 34.4 Å². The van der Waals surface area contributed by atoms with Crippen molar-refractivity contribution in [3.8, 4) is 5.75 Å². The number of hydrogen-bond donors (Lipinski definition) is 1. The molecule has 0 bridgehead atoms. The van der Waals surface area contributed by atoms with Crippen LogP contribution in [0.5, 0.6) is 5.75 Å². The lowest BCUT2D eigenvalue weighted by molar-refractivity contribution is 0.410. The highest BCUT2D eigenvalue weighted by atomic mass is 16.5. The average molecular weight is 247 g/mol. The number of nitrogens with one attached hydrogen (secondary N) is 1. The number of fused-ring (bicyclic) bond motifs is 1. The molecule has 0 radical (unpaired) electrons. The second-order valence-corrected chi connectivity index (χ2v) is 4.96. The lowest BCUT2D eigenvalue weighted by Crippen LogP contribution is -2.24. The molecule has 2 rings (SSSR count). The Morgan fingerprint density at radius 3 is 2.78 bits per heavy atom. The summed E-state index contributed by atoms with van der Waals surface area (Å²) < 4.78 is 11.0. The van der Waals surface area contributed by atoms with E-state index in [1.165, 1.54) is 11.1 Å². The van der Waals surface area contributed by atoms with Crippen molar-refractivity contribution < 1.29 is 9.15 Å². The molecule has 18 heavy (non-hydrogen) atoms. The fourth-order valence-electron chi connectivity index (χ4n) is 2.13. The Hall–Kier alpha value is -1.48. The number of methoxy groups -OCH3 is 1. The fourth-order valence-corrected chi connectivity index (χ4v) is 2.13. The van der Waals surface area contributed by atoms with E-state index in [9.17, 15) is 0 Å². The summed E-state index contributed by atoms with van der Waals surface area (Å²) in [6.45, 7) is 7.34. The molecule has 1 aromatic carbocycles. The van der Waals surface area contributed by atoms with E-state index in [0.29, 0.717) is 6.04 Å². The lowest BCUT2D eigenvalue weighted by Gasteiger charge is -2.07. The van der Waals surface area contributed by atoms with E-state index in [-0.39, 0.29) is 0 Å². The van der Waals surface area contributed by atoms with Gasteiger partial charge in [0, 0.05) is 11.4 Å². The third kappa shape index (κ3) is 2.67. The molecule has 0 unspecified atom stereocenters. The van der Waals surface area contributed by atoms with Crippen LogP contribution in [0.4, 0.5) is 0 Å². The average Bonchev–Trinajstić information content (AvgIpc) is 2.71. The van der Waals surface area contributed by atoms with Crippen molar-refractivity contribution in [2.45, 2.75) is 33.2 Å². The largest absolute Gasteiger partial charge is 0.493 e. The minimum atomic E-state index is 0.513. The second-order valence-electron chi connectivity index (χ2n) is 4.96. The molecular weight excluding hydrogens is 226 g/mol. The van der Waals surface area contributed by atoms with Gasteiger partial charge in [0.15, 0.2) is 11.3 Å². The summed E-state index contributed by atoms with van der Waals surface area (Å²) in [6.07, 6.45) is 2.81. The molecule has 0 saturated carbocycles. The van der Waals surface area contributed by atoms with Crippen molar-refractivity contribution in [2.24, 2.45) is 0 Å². The zero-order valence-corrected chi connectivity index (χ0v) is 11.5. The van der Waals surface area contributed by atoms with Gasteiger partial charge in [-0.25, -0.2) is 0 Å². The fraction of sp³-hybridized carbons (Fsp3) is 0.467. The Bertz CT molecular complexity index is 529. The zero-order chi connectivity index (χ0) is 13.1. The van der Waals surface area contributed by atoms with E-state index < -0.39 is 0 Å². The first-order valence-electron chi connectivity index (χ1n) is 6.40. The van der Waals surface area contributed by atoms with Crippen LogP contribution in [0.1, 0.15) is 25.0 Å². The van der Waals surface area contributed by atoms with Gasteiger partial charge in [-0.05, 0) is 43.1 Å². The van der Waals surface area contributed by atoms with E-state index in [2.05, 4.69) is 32.2 Å². The SMILES string of the molecule is COc1cc(C)cc2c(CCNC(C)C)coc12. The van der Waals surface area contributed by atoms with Crippen LogP contribution >= 0.6 is 0 Å². The highest BCUT2D eigenvalue weighted by Gasteiger charge is 2.11. The molecule has 0 saturated heterocycles. The summed E-state index contributed by atoms with van der Waals surface area (Å²) in [6, 6.07) is 4.67. The predicted octanol–water partition coefficient (Wildman–Crippen LogP) is 3.29. The molecule has 98 valence electrons. The highest BCUT2D eigenvalue weighted by molar-refractivity contribution is 5.87. The van der Waals surface area contributed by atoms with Crippen LogP contribution in [0, 0.1) is 6.92 Å². The first-order valence-corrected chi connectivity index (χ1v) is 6.40. The Morgan fingerprint density at radius 2 is 2.11 bits per heavy atom. The predicted molar refractivity (Wildman–Crippen MR) is 74.3 cm³/mol. The third-order valence-electron chi connectivity index (χ3n) is 3.03. The summed E-state index contributed by atoms with van der Waals surface area (Å²) in [4.78, 5) is 0. The van der Waals surface area contributed by atoms with Crippen LogP contribution in [-0.2, 0) is 6.42 Å². The van der Waals surface area contributed by atoms with Gasteiger partial charge in [0.1, 0.15) is 0 Å². The Kier molecular flexibility index (Phi) is 3.92. The van der Waals surface area contributed by atoms with Gasteiger partial charge >= 0.3 is 0 Å². The maximum absolute atomic E-state index is 5.63. The van der Waals surface area contributed by atoms with E-state index in [1.807, 2.05) is 12.3 Å². The molecule has 2 aromatic rings. The molecule has 0 aliphatic heterocycles. The third-order valence-corrected chi connectivity index (χ3v) is 3.03. The molecular formula is C15H21NO2. The molecule has 0 spiro atoms. The van der Waals surface area contributed by atoms with Gasteiger partial charge in [0.2, 0.25) is 0 Å². The zero-order valence-electron chi connectivity index (χ0n) is 11.5. The van der Waals surface area contributed by atoms with Crippen molar-refractivity contribution in [1.82, 2.24) is 5.32 Å². The van der Waals surface area contributed by atoms with E-state index >= 15 is 0 Å². The minimum Gasteiger partial charge on any atom is -0.493 e. The first-order chi connectivity index (χ1) is 8.61. The molecule has 3 nitrogen and oxygen atoms in total. The molecule has 1 aromatic heterocycles. The van der Waals surface area contributed by atoms with Gasteiger partial charge in [-0.3, -0.25) is 0 Å². The quantitative estimate of drug-likeness (QED) is 0.880. The molecule has 0 aliphatic rings. The summed E-state index contributed by atoms with van der Waals surface area (Å²) in [5.74, 6) is 0.813. The van der Waals surface area contributed by atoms with Crippen molar-refractivity contribution in [3.05, 3.63) is 29.5 Å². The van der Waals surface area contributed by atoms with Crippen LogP contribution < -0.4 is 10.1 Å². The summed E-state index contributed by atoms with van der Waals surface area (Å²) >= 11 is 0. The van der Waals surface area contributed by atoms with Crippen LogP contribution in [0.15, 0.2) is 22.8 Å². The summed E-state index contributed by atoms with van der Waals surface area (Å²) in [5, 5.41) is 4.58. The van der Waals surface area contributed by atoms with Crippen LogP contribution in [0.3, 0.4) is 0 Å². The van der Waals surface area contributed by atoms with Gasteiger partial charge in [-0.2, -0.15) is 0 Å². The Balaban J connectivity index is 2.27. The Morgan fingerprint density at radius 1 is 1.33 bits per heavy atom.